The van der Waals surface area contributed by atoms with Crippen LogP contribution in [0.25, 0.3) is 0 Å². The third kappa shape index (κ3) is 4.67. The molecular formula is C29H28N2O. The lowest BCUT2D eigenvalue weighted by atomic mass is 10.1. The van der Waals surface area contributed by atoms with Crippen LogP contribution in [0.2, 0.25) is 0 Å². The highest BCUT2D eigenvalue weighted by molar-refractivity contribution is 5.83. The SMILES string of the molecule is O=C(C1CC1c1ccccc1)N(Cc1ccccc1)Cc1cccn1Cc1ccccc1. The molecule has 2 atom stereocenters. The lowest BCUT2D eigenvalue weighted by molar-refractivity contribution is -0.134. The number of hydrogen-bond acceptors (Lipinski definition) is 1. The molecule has 0 radical (unpaired) electrons. The number of nitrogens with zero attached hydrogens (tertiary/aromatic N) is 2. The van der Waals surface area contributed by atoms with Crippen molar-refractivity contribution < 1.29 is 4.79 Å². The largest absolute Gasteiger partial charge is 0.345 e. The second kappa shape index (κ2) is 9.27. The molecule has 0 aliphatic heterocycles. The van der Waals surface area contributed by atoms with Crippen LogP contribution in [0.3, 0.4) is 0 Å². The first-order chi connectivity index (χ1) is 15.8. The van der Waals surface area contributed by atoms with E-state index in [-0.39, 0.29) is 11.8 Å². The molecule has 1 saturated carbocycles. The van der Waals surface area contributed by atoms with E-state index >= 15 is 0 Å². The van der Waals surface area contributed by atoms with Gasteiger partial charge in [0.2, 0.25) is 5.91 Å². The Morgan fingerprint density at radius 2 is 1.38 bits per heavy atom. The van der Waals surface area contributed by atoms with E-state index in [2.05, 4.69) is 83.6 Å². The van der Waals surface area contributed by atoms with E-state index < -0.39 is 0 Å². The van der Waals surface area contributed by atoms with Crippen LogP contribution in [0, 0.1) is 5.92 Å². The summed E-state index contributed by atoms with van der Waals surface area (Å²) in [5, 5.41) is 0. The van der Waals surface area contributed by atoms with E-state index in [4.69, 9.17) is 0 Å². The second-order valence-electron chi connectivity index (χ2n) is 8.65. The van der Waals surface area contributed by atoms with E-state index in [0.717, 1.165) is 18.7 Å². The van der Waals surface area contributed by atoms with Crippen molar-refractivity contribution in [2.24, 2.45) is 5.92 Å². The minimum Gasteiger partial charge on any atom is -0.345 e. The number of aromatic nitrogens is 1. The zero-order valence-corrected chi connectivity index (χ0v) is 18.2. The quantitative estimate of drug-likeness (QED) is 0.350. The summed E-state index contributed by atoms with van der Waals surface area (Å²) < 4.78 is 2.25. The molecule has 0 spiro atoms. The molecule has 0 saturated heterocycles. The Hall–Kier alpha value is -3.59. The molecule has 5 rings (SSSR count). The fourth-order valence-corrected chi connectivity index (χ4v) is 4.51. The van der Waals surface area contributed by atoms with E-state index in [1.165, 1.54) is 16.7 Å². The minimum absolute atomic E-state index is 0.0821. The average Bonchev–Trinajstić information content (AvgIpc) is 3.54. The molecular weight excluding hydrogens is 392 g/mol. The maximum absolute atomic E-state index is 13.6. The molecule has 1 heterocycles. The van der Waals surface area contributed by atoms with Gasteiger partial charge in [-0.15, -0.1) is 0 Å². The van der Waals surface area contributed by atoms with Crippen LogP contribution in [-0.2, 0) is 24.4 Å². The normalized spacial score (nSPS) is 17.1. The minimum atomic E-state index is 0.0821. The first-order valence-corrected chi connectivity index (χ1v) is 11.3. The highest BCUT2D eigenvalue weighted by Crippen LogP contribution is 2.48. The number of benzene rings is 3. The molecule has 160 valence electrons. The van der Waals surface area contributed by atoms with Gasteiger partial charge in [-0.1, -0.05) is 91.0 Å². The predicted molar refractivity (Wildman–Crippen MR) is 128 cm³/mol. The van der Waals surface area contributed by atoms with Crippen LogP contribution in [0.15, 0.2) is 109 Å². The van der Waals surface area contributed by atoms with Crippen LogP contribution in [0.4, 0.5) is 0 Å². The lowest BCUT2D eigenvalue weighted by Crippen LogP contribution is -2.32. The molecule has 1 aromatic heterocycles. The maximum Gasteiger partial charge on any atom is 0.226 e. The number of amides is 1. The van der Waals surface area contributed by atoms with Gasteiger partial charge in [0.05, 0.1) is 6.54 Å². The lowest BCUT2D eigenvalue weighted by Gasteiger charge is -2.24. The summed E-state index contributed by atoms with van der Waals surface area (Å²) in [5.41, 5.74) is 4.86. The monoisotopic (exact) mass is 420 g/mol. The molecule has 0 bridgehead atoms. The summed E-state index contributed by atoms with van der Waals surface area (Å²) in [5.74, 6) is 0.687. The van der Waals surface area contributed by atoms with Crippen LogP contribution in [0.5, 0.6) is 0 Å². The Morgan fingerprint density at radius 3 is 2.06 bits per heavy atom. The standard InChI is InChI=1S/C29H28N2O/c32-29(28-19-27(28)25-15-8-3-9-16-25)31(21-24-13-6-2-7-14-24)22-26-17-10-18-30(26)20-23-11-4-1-5-12-23/h1-18,27-28H,19-22H2. The van der Waals surface area contributed by atoms with Crippen LogP contribution in [-0.4, -0.2) is 15.4 Å². The molecule has 3 aromatic carbocycles. The molecule has 32 heavy (non-hydrogen) atoms. The van der Waals surface area contributed by atoms with Crippen LogP contribution in [0.1, 0.15) is 34.7 Å². The van der Waals surface area contributed by atoms with Gasteiger partial charge in [-0.05, 0) is 41.2 Å². The van der Waals surface area contributed by atoms with Crippen LogP contribution < -0.4 is 0 Å². The Labute approximate surface area is 189 Å². The van der Waals surface area contributed by atoms with Crippen molar-refractivity contribution in [3.8, 4) is 0 Å². The first-order valence-electron chi connectivity index (χ1n) is 11.3. The summed E-state index contributed by atoms with van der Waals surface area (Å²) in [6, 6.07) is 35.4. The van der Waals surface area contributed by atoms with E-state index in [0.29, 0.717) is 19.0 Å². The van der Waals surface area contributed by atoms with Crippen molar-refractivity contribution in [2.45, 2.75) is 32.0 Å². The molecule has 2 unspecified atom stereocenters. The molecule has 4 aromatic rings. The number of hydrogen-bond donors (Lipinski definition) is 0. The third-order valence-corrected chi connectivity index (χ3v) is 6.34. The van der Waals surface area contributed by atoms with Crippen molar-refractivity contribution in [2.75, 3.05) is 0 Å². The van der Waals surface area contributed by atoms with Gasteiger partial charge in [-0.3, -0.25) is 4.79 Å². The van der Waals surface area contributed by atoms with Gasteiger partial charge in [0.25, 0.3) is 0 Å². The van der Waals surface area contributed by atoms with Gasteiger partial charge in [-0.25, -0.2) is 0 Å². The topological polar surface area (TPSA) is 25.2 Å². The molecule has 1 amide bonds. The Kier molecular flexibility index (Phi) is 5.89. The molecule has 1 aliphatic carbocycles. The number of rotatable bonds is 8. The van der Waals surface area contributed by atoms with Gasteiger partial charge in [0, 0.05) is 30.9 Å². The van der Waals surface area contributed by atoms with E-state index in [9.17, 15) is 4.79 Å². The van der Waals surface area contributed by atoms with Gasteiger partial charge in [0.1, 0.15) is 0 Å². The van der Waals surface area contributed by atoms with Crippen molar-refractivity contribution >= 4 is 5.91 Å². The smallest absolute Gasteiger partial charge is 0.226 e. The second-order valence-corrected chi connectivity index (χ2v) is 8.65. The molecule has 1 aliphatic rings. The van der Waals surface area contributed by atoms with Gasteiger partial charge < -0.3 is 9.47 Å². The van der Waals surface area contributed by atoms with Crippen molar-refractivity contribution in [1.82, 2.24) is 9.47 Å². The molecule has 0 N–H and O–H groups in total. The van der Waals surface area contributed by atoms with E-state index in [1.807, 2.05) is 35.2 Å². The Morgan fingerprint density at radius 1 is 0.750 bits per heavy atom. The highest BCUT2D eigenvalue weighted by Gasteiger charge is 2.45. The van der Waals surface area contributed by atoms with Crippen molar-refractivity contribution in [3.63, 3.8) is 0 Å². The number of carbonyl (C=O) groups is 1. The third-order valence-electron chi connectivity index (χ3n) is 6.34. The van der Waals surface area contributed by atoms with Gasteiger partial charge >= 0.3 is 0 Å². The predicted octanol–water partition coefficient (Wildman–Crippen LogP) is 5.87. The Balaban J connectivity index is 1.35. The van der Waals surface area contributed by atoms with E-state index in [1.54, 1.807) is 0 Å². The summed E-state index contributed by atoms with van der Waals surface area (Å²) in [7, 11) is 0. The number of carbonyl (C=O) groups excluding carboxylic acids is 1. The van der Waals surface area contributed by atoms with Gasteiger partial charge in [0.15, 0.2) is 0 Å². The first kappa shape index (κ1) is 20.3. The molecule has 1 fully saturated rings. The van der Waals surface area contributed by atoms with Crippen LogP contribution >= 0.6 is 0 Å². The van der Waals surface area contributed by atoms with Crippen molar-refractivity contribution in [3.05, 3.63) is 132 Å². The summed E-state index contributed by atoms with van der Waals surface area (Å²) in [6.07, 6.45) is 3.05. The van der Waals surface area contributed by atoms with Gasteiger partial charge in [-0.2, -0.15) is 0 Å². The fraction of sp³-hybridized carbons (Fsp3) is 0.207. The zero-order chi connectivity index (χ0) is 21.8. The zero-order valence-electron chi connectivity index (χ0n) is 18.2. The fourth-order valence-electron chi connectivity index (χ4n) is 4.51. The average molecular weight is 421 g/mol. The highest BCUT2D eigenvalue weighted by atomic mass is 16.2. The summed E-state index contributed by atoms with van der Waals surface area (Å²) in [6.45, 7) is 2.06. The Bertz CT molecular complexity index is 1150. The molecule has 3 nitrogen and oxygen atoms in total. The maximum atomic E-state index is 13.6. The van der Waals surface area contributed by atoms with Crippen molar-refractivity contribution in [1.29, 1.82) is 0 Å². The molecule has 3 heteroatoms. The summed E-state index contributed by atoms with van der Waals surface area (Å²) in [4.78, 5) is 15.6. The summed E-state index contributed by atoms with van der Waals surface area (Å²) >= 11 is 0.